The number of allylic oxidation sites excluding steroid dienone is 1. The van der Waals surface area contributed by atoms with Crippen LogP contribution >= 0.6 is 0 Å². The maximum absolute atomic E-state index is 13.3. The summed E-state index contributed by atoms with van der Waals surface area (Å²) >= 11 is 0. The number of amides is 2. The lowest BCUT2D eigenvalue weighted by Gasteiger charge is -2.32. The highest BCUT2D eigenvalue weighted by molar-refractivity contribution is 5.90. The number of ether oxygens (including phenoxy) is 2. The summed E-state index contributed by atoms with van der Waals surface area (Å²) in [5.74, 6) is -0.423. The number of likely N-dealkylation sites (tertiary alicyclic amines) is 1. The molecule has 0 bridgehead atoms. The number of carbonyl (C=O) groups excluding carboxylic acids is 3. The number of esters is 1. The van der Waals surface area contributed by atoms with E-state index in [2.05, 4.69) is 18.8 Å². The Bertz CT molecular complexity index is 584. The zero-order valence-electron chi connectivity index (χ0n) is 18.8. The van der Waals surface area contributed by atoms with Gasteiger partial charge in [-0.05, 0) is 64.7 Å². The van der Waals surface area contributed by atoms with Crippen molar-refractivity contribution in [3.8, 4) is 0 Å². The van der Waals surface area contributed by atoms with Crippen molar-refractivity contribution in [2.75, 3.05) is 13.7 Å². The molecule has 1 saturated heterocycles. The summed E-state index contributed by atoms with van der Waals surface area (Å²) < 4.78 is 10.2. The average Bonchev–Trinajstić information content (AvgIpc) is 3.11. The predicted molar refractivity (Wildman–Crippen MR) is 112 cm³/mol. The normalized spacial score (nSPS) is 19.8. The molecule has 0 saturated carbocycles. The maximum Gasteiger partial charge on any atom is 0.408 e. The largest absolute Gasteiger partial charge is 0.467 e. The third kappa shape index (κ3) is 8.07. The molecule has 2 amide bonds. The minimum absolute atomic E-state index is 0.117. The van der Waals surface area contributed by atoms with Crippen molar-refractivity contribution in [2.45, 2.75) is 84.4 Å². The van der Waals surface area contributed by atoms with Gasteiger partial charge in [0.2, 0.25) is 5.91 Å². The number of methoxy groups -OCH3 is 1. The third-order valence-electron chi connectivity index (χ3n) is 5.15. The van der Waals surface area contributed by atoms with Crippen LogP contribution in [0.4, 0.5) is 4.79 Å². The standard InChI is InChI=1S/C22H38N2O5/c1-8-9-11-15(2)14-16(3)18(23-21(27)29-22(4,5)6)19(25)24-13-10-12-17(24)20(26)28-7/h8,15-18H,1,9-14H2,2-7H3,(H,23,27)/t15?,16?,17?,18-/m0/s1. The molecule has 166 valence electrons. The highest BCUT2D eigenvalue weighted by Gasteiger charge is 2.40. The quantitative estimate of drug-likeness (QED) is 0.463. The summed E-state index contributed by atoms with van der Waals surface area (Å²) in [6, 6.07) is -1.36. The van der Waals surface area contributed by atoms with Crippen molar-refractivity contribution in [3.63, 3.8) is 0 Å². The van der Waals surface area contributed by atoms with Crippen LogP contribution in [0.3, 0.4) is 0 Å². The fourth-order valence-electron chi connectivity index (χ4n) is 3.76. The smallest absolute Gasteiger partial charge is 0.408 e. The first-order valence-corrected chi connectivity index (χ1v) is 10.5. The first-order chi connectivity index (χ1) is 13.5. The number of nitrogens with one attached hydrogen (secondary N) is 1. The van der Waals surface area contributed by atoms with Gasteiger partial charge in [0.15, 0.2) is 0 Å². The minimum Gasteiger partial charge on any atom is -0.467 e. The van der Waals surface area contributed by atoms with Crippen molar-refractivity contribution in [1.29, 1.82) is 0 Å². The fraction of sp³-hybridized carbons (Fsp3) is 0.773. The molecular formula is C22H38N2O5. The molecule has 0 aromatic heterocycles. The predicted octanol–water partition coefficient (Wildman–Crippen LogP) is 3.67. The van der Waals surface area contributed by atoms with E-state index >= 15 is 0 Å². The van der Waals surface area contributed by atoms with Gasteiger partial charge in [-0.3, -0.25) is 4.79 Å². The van der Waals surface area contributed by atoms with Gasteiger partial charge < -0.3 is 19.7 Å². The molecule has 4 atom stereocenters. The molecule has 1 heterocycles. The van der Waals surface area contributed by atoms with Gasteiger partial charge in [-0.25, -0.2) is 9.59 Å². The summed E-state index contributed by atoms with van der Waals surface area (Å²) in [6.07, 6.45) is 5.19. The van der Waals surface area contributed by atoms with Gasteiger partial charge in [0.1, 0.15) is 17.7 Å². The third-order valence-corrected chi connectivity index (χ3v) is 5.15. The SMILES string of the molecule is C=CCCC(C)CC(C)[C@H](NC(=O)OC(C)(C)C)C(=O)N1CCCC1C(=O)OC. The molecule has 29 heavy (non-hydrogen) atoms. The van der Waals surface area contributed by atoms with Gasteiger partial charge in [0.25, 0.3) is 0 Å². The van der Waals surface area contributed by atoms with E-state index in [4.69, 9.17) is 9.47 Å². The van der Waals surface area contributed by atoms with Crippen molar-refractivity contribution in [3.05, 3.63) is 12.7 Å². The molecule has 1 fully saturated rings. The Morgan fingerprint density at radius 2 is 1.93 bits per heavy atom. The van der Waals surface area contributed by atoms with Crippen LogP contribution in [0.5, 0.6) is 0 Å². The van der Waals surface area contributed by atoms with Gasteiger partial charge in [0, 0.05) is 6.54 Å². The van der Waals surface area contributed by atoms with E-state index in [1.54, 1.807) is 25.7 Å². The topological polar surface area (TPSA) is 84.9 Å². The lowest BCUT2D eigenvalue weighted by atomic mass is 9.88. The van der Waals surface area contributed by atoms with E-state index in [9.17, 15) is 14.4 Å². The lowest BCUT2D eigenvalue weighted by Crippen LogP contribution is -2.55. The lowest BCUT2D eigenvalue weighted by molar-refractivity contribution is -0.152. The van der Waals surface area contributed by atoms with Crippen LogP contribution in [0.1, 0.15) is 66.7 Å². The van der Waals surface area contributed by atoms with E-state index in [0.29, 0.717) is 18.9 Å². The molecule has 7 nitrogen and oxygen atoms in total. The number of nitrogens with zero attached hydrogens (tertiary/aromatic N) is 1. The van der Waals surface area contributed by atoms with E-state index < -0.39 is 29.7 Å². The Hall–Kier alpha value is -2.05. The molecule has 1 N–H and O–H groups in total. The Morgan fingerprint density at radius 3 is 2.48 bits per heavy atom. The molecule has 7 heteroatoms. The molecule has 0 aliphatic carbocycles. The molecule has 1 aliphatic rings. The summed E-state index contributed by atoms with van der Waals surface area (Å²) in [5, 5.41) is 2.76. The highest BCUT2D eigenvalue weighted by atomic mass is 16.6. The summed E-state index contributed by atoms with van der Waals surface area (Å²) in [6.45, 7) is 13.6. The second-order valence-electron chi connectivity index (χ2n) is 9.02. The van der Waals surface area contributed by atoms with E-state index in [-0.39, 0.29) is 11.8 Å². The minimum atomic E-state index is -0.763. The van der Waals surface area contributed by atoms with Gasteiger partial charge in [0.05, 0.1) is 7.11 Å². The maximum atomic E-state index is 13.3. The summed E-state index contributed by atoms with van der Waals surface area (Å²) in [5.41, 5.74) is -0.666. The average molecular weight is 411 g/mol. The second-order valence-corrected chi connectivity index (χ2v) is 9.02. The first-order valence-electron chi connectivity index (χ1n) is 10.5. The van der Waals surface area contributed by atoms with Gasteiger partial charge >= 0.3 is 12.1 Å². The summed E-state index contributed by atoms with van der Waals surface area (Å²) in [7, 11) is 1.32. The van der Waals surface area contributed by atoms with Crippen LogP contribution < -0.4 is 5.32 Å². The molecular weight excluding hydrogens is 372 g/mol. The number of alkyl carbamates (subject to hydrolysis) is 1. The van der Waals surface area contributed by atoms with Crippen molar-refractivity contribution in [2.24, 2.45) is 11.8 Å². The number of hydrogen-bond acceptors (Lipinski definition) is 5. The fourth-order valence-corrected chi connectivity index (χ4v) is 3.76. The first kappa shape index (κ1) is 25.0. The van der Waals surface area contributed by atoms with Crippen LogP contribution in [0.2, 0.25) is 0 Å². The second kappa shape index (κ2) is 11.2. The Labute approximate surface area is 175 Å². The van der Waals surface area contributed by atoms with Crippen molar-refractivity contribution >= 4 is 18.0 Å². The zero-order valence-corrected chi connectivity index (χ0v) is 18.8. The molecule has 0 radical (unpaired) electrons. The summed E-state index contributed by atoms with van der Waals surface area (Å²) in [4.78, 5) is 39.4. The van der Waals surface area contributed by atoms with Crippen molar-refractivity contribution < 1.29 is 23.9 Å². The molecule has 0 aromatic carbocycles. The van der Waals surface area contributed by atoms with Gasteiger partial charge in [-0.15, -0.1) is 6.58 Å². The number of rotatable bonds is 9. The molecule has 1 aliphatic heterocycles. The van der Waals surface area contributed by atoms with E-state index in [1.165, 1.54) is 7.11 Å². The van der Waals surface area contributed by atoms with Gasteiger partial charge in [-0.2, -0.15) is 0 Å². The monoisotopic (exact) mass is 410 g/mol. The Balaban J connectivity index is 2.98. The van der Waals surface area contributed by atoms with Crippen LogP contribution in [0.25, 0.3) is 0 Å². The Morgan fingerprint density at radius 1 is 1.28 bits per heavy atom. The van der Waals surface area contributed by atoms with Crippen LogP contribution in [-0.2, 0) is 19.1 Å². The van der Waals surface area contributed by atoms with Gasteiger partial charge in [-0.1, -0.05) is 19.9 Å². The molecule has 0 spiro atoms. The number of carbonyl (C=O) groups is 3. The van der Waals surface area contributed by atoms with Crippen LogP contribution in [-0.4, -0.2) is 54.2 Å². The molecule has 1 rings (SSSR count). The van der Waals surface area contributed by atoms with E-state index in [1.807, 2.05) is 13.0 Å². The number of hydrogen-bond donors (Lipinski definition) is 1. The van der Waals surface area contributed by atoms with E-state index in [0.717, 1.165) is 25.7 Å². The van der Waals surface area contributed by atoms with Crippen LogP contribution in [0.15, 0.2) is 12.7 Å². The highest BCUT2D eigenvalue weighted by Crippen LogP contribution is 2.25. The van der Waals surface area contributed by atoms with Crippen molar-refractivity contribution in [1.82, 2.24) is 10.2 Å². The molecule has 3 unspecified atom stereocenters. The van der Waals surface area contributed by atoms with Crippen LogP contribution in [0, 0.1) is 11.8 Å². The zero-order chi connectivity index (χ0) is 22.2. The Kier molecular flexibility index (Phi) is 9.66. The molecule has 0 aromatic rings.